The molecule has 1 unspecified atom stereocenters. The Bertz CT molecular complexity index is 590. The van der Waals surface area contributed by atoms with Gasteiger partial charge in [-0.2, -0.15) is 4.31 Å². The maximum atomic E-state index is 12.5. The van der Waals surface area contributed by atoms with Crippen LogP contribution >= 0.6 is 11.6 Å². The highest BCUT2D eigenvalue weighted by Crippen LogP contribution is 2.26. The number of nitrogens with zero attached hydrogens (tertiary/aromatic N) is 3. The number of hydrogen-bond donors (Lipinski definition) is 0. The summed E-state index contributed by atoms with van der Waals surface area (Å²) >= 11 is 5.54. The number of carbonyl (C=O) groups excluding carboxylic acids is 1. The molecule has 0 spiro atoms. The highest BCUT2D eigenvalue weighted by molar-refractivity contribution is 7.89. The molecular formula is C11H14ClN3O4S. The van der Waals surface area contributed by atoms with Gasteiger partial charge in [0, 0.05) is 6.54 Å². The molecule has 0 radical (unpaired) electrons. The molecule has 1 atom stereocenters. The maximum Gasteiger partial charge on any atom is 0.324 e. The van der Waals surface area contributed by atoms with Crippen LogP contribution in [-0.2, 0) is 19.6 Å². The summed E-state index contributed by atoms with van der Waals surface area (Å²) in [5.41, 5.74) is 0. The fraction of sp³-hybridized carbons (Fsp3) is 0.545. The minimum atomic E-state index is -3.82. The van der Waals surface area contributed by atoms with E-state index in [0.717, 1.165) is 16.7 Å². The zero-order valence-corrected chi connectivity index (χ0v) is 12.4. The lowest BCUT2D eigenvalue weighted by Gasteiger charge is -2.22. The van der Waals surface area contributed by atoms with Gasteiger partial charge in [-0.1, -0.05) is 0 Å². The number of carbonyl (C=O) groups is 1. The van der Waals surface area contributed by atoms with Gasteiger partial charge >= 0.3 is 5.97 Å². The SMILES string of the molecule is CCOC(=O)C1CCCN1S(=O)(=O)c1cnc(Cl)nc1. The average molecular weight is 320 g/mol. The van der Waals surface area contributed by atoms with Crippen molar-refractivity contribution in [1.82, 2.24) is 14.3 Å². The monoisotopic (exact) mass is 319 g/mol. The van der Waals surface area contributed by atoms with Crippen molar-refractivity contribution < 1.29 is 17.9 Å². The molecule has 1 aliphatic heterocycles. The lowest BCUT2D eigenvalue weighted by molar-refractivity contribution is -0.146. The van der Waals surface area contributed by atoms with Gasteiger partial charge < -0.3 is 4.74 Å². The Morgan fingerprint density at radius 2 is 2.15 bits per heavy atom. The Hall–Kier alpha value is -1.25. The third-order valence-electron chi connectivity index (χ3n) is 2.97. The Morgan fingerprint density at radius 3 is 2.75 bits per heavy atom. The van der Waals surface area contributed by atoms with Gasteiger partial charge in [-0.15, -0.1) is 0 Å². The molecule has 1 aromatic rings. The lowest BCUT2D eigenvalue weighted by atomic mass is 10.2. The van der Waals surface area contributed by atoms with E-state index in [1.54, 1.807) is 6.92 Å². The molecule has 0 bridgehead atoms. The first-order chi connectivity index (χ1) is 9.46. The van der Waals surface area contributed by atoms with E-state index in [4.69, 9.17) is 16.3 Å². The average Bonchev–Trinajstić information content (AvgIpc) is 2.89. The summed E-state index contributed by atoms with van der Waals surface area (Å²) in [4.78, 5) is 19.0. The number of esters is 1. The number of halogens is 1. The quantitative estimate of drug-likeness (QED) is 0.603. The van der Waals surface area contributed by atoms with E-state index in [-0.39, 0.29) is 23.3 Å². The highest BCUT2D eigenvalue weighted by Gasteiger charge is 2.40. The molecule has 0 aromatic carbocycles. The van der Waals surface area contributed by atoms with Crippen LogP contribution in [0.5, 0.6) is 0 Å². The number of ether oxygens (including phenoxy) is 1. The molecule has 1 aromatic heterocycles. The topological polar surface area (TPSA) is 89.5 Å². The Kier molecular flexibility index (Phi) is 4.56. The molecule has 7 nitrogen and oxygen atoms in total. The first kappa shape index (κ1) is 15.1. The molecule has 0 N–H and O–H groups in total. The van der Waals surface area contributed by atoms with Crippen LogP contribution in [0.25, 0.3) is 0 Å². The number of aromatic nitrogens is 2. The highest BCUT2D eigenvalue weighted by atomic mass is 35.5. The fourth-order valence-electron chi connectivity index (χ4n) is 2.07. The molecule has 110 valence electrons. The second kappa shape index (κ2) is 6.02. The van der Waals surface area contributed by atoms with Crippen molar-refractivity contribution in [3.63, 3.8) is 0 Å². The summed E-state index contributed by atoms with van der Waals surface area (Å²) in [7, 11) is -3.82. The minimum Gasteiger partial charge on any atom is -0.465 e. The van der Waals surface area contributed by atoms with Crippen LogP contribution < -0.4 is 0 Å². The molecule has 0 amide bonds. The van der Waals surface area contributed by atoms with Gasteiger partial charge in [0.15, 0.2) is 0 Å². The van der Waals surface area contributed by atoms with E-state index in [0.29, 0.717) is 12.8 Å². The lowest BCUT2D eigenvalue weighted by Crippen LogP contribution is -2.41. The predicted octanol–water partition coefficient (Wildman–Crippen LogP) is 0.846. The van der Waals surface area contributed by atoms with Gasteiger partial charge in [0.2, 0.25) is 15.3 Å². The van der Waals surface area contributed by atoms with Gasteiger partial charge in [0.25, 0.3) is 0 Å². The summed E-state index contributed by atoms with van der Waals surface area (Å²) in [5.74, 6) is -0.525. The summed E-state index contributed by atoms with van der Waals surface area (Å²) in [5, 5.41) is -0.0349. The van der Waals surface area contributed by atoms with Gasteiger partial charge in [-0.3, -0.25) is 4.79 Å². The third-order valence-corrected chi connectivity index (χ3v) is 5.02. The van der Waals surface area contributed by atoms with Crippen molar-refractivity contribution in [2.75, 3.05) is 13.2 Å². The number of hydrogen-bond acceptors (Lipinski definition) is 6. The molecular weight excluding hydrogens is 306 g/mol. The Morgan fingerprint density at radius 1 is 1.50 bits per heavy atom. The standard InChI is InChI=1S/C11H14ClN3O4S/c1-2-19-10(16)9-4-3-5-15(9)20(17,18)8-6-13-11(12)14-7-8/h6-7,9H,2-5H2,1H3. The fourth-order valence-corrected chi connectivity index (χ4v) is 3.71. The van der Waals surface area contributed by atoms with Crippen molar-refractivity contribution in [1.29, 1.82) is 0 Å². The second-order valence-electron chi connectivity index (χ2n) is 4.21. The Balaban J connectivity index is 2.28. The van der Waals surface area contributed by atoms with E-state index in [1.807, 2.05) is 0 Å². The van der Waals surface area contributed by atoms with Gasteiger partial charge in [-0.25, -0.2) is 18.4 Å². The molecule has 2 rings (SSSR count). The molecule has 0 saturated carbocycles. The van der Waals surface area contributed by atoms with Crippen molar-refractivity contribution in [2.45, 2.75) is 30.7 Å². The Labute approximate surface area is 122 Å². The second-order valence-corrected chi connectivity index (χ2v) is 6.44. The summed E-state index contributed by atoms with van der Waals surface area (Å²) < 4.78 is 31.0. The van der Waals surface area contributed by atoms with E-state index < -0.39 is 22.0 Å². The van der Waals surface area contributed by atoms with Crippen LogP contribution in [0.2, 0.25) is 5.28 Å². The van der Waals surface area contributed by atoms with Crippen molar-refractivity contribution >= 4 is 27.6 Å². The van der Waals surface area contributed by atoms with E-state index in [1.165, 1.54) is 0 Å². The summed E-state index contributed by atoms with van der Waals surface area (Å²) in [6.07, 6.45) is 3.32. The van der Waals surface area contributed by atoms with E-state index >= 15 is 0 Å². The van der Waals surface area contributed by atoms with Gasteiger partial charge in [-0.05, 0) is 31.4 Å². The van der Waals surface area contributed by atoms with Crippen molar-refractivity contribution in [2.24, 2.45) is 0 Å². The van der Waals surface area contributed by atoms with Crippen LogP contribution in [0.4, 0.5) is 0 Å². The van der Waals surface area contributed by atoms with Crippen LogP contribution in [-0.4, -0.2) is 47.9 Å². The molecule has 1 saturated heterocycles. The first-order valence-electron chi connectivity index (χ1n) is 6.13. The van der Waals surface area contributed by atoms with Crippen LogP contribution in [0, 0.1) is 0 Å². The zero-order chi connectivity index (χ0) is 14.8. The zero-order valence-electron chi connectivity index (χ0n) is 10.8. The van der Waals surface area contributed by atoms with Crippen molar-refractivity contribution in [3.05, 3.63) is 17.7 Å². The molecule has 9 heteroatoms. The van der Waals surface area contributed by atoms with Crippen molar-refractivity contribution in [3.8, 4) is 0 Å². The molecule has 2 heterocycles. The molecule has 1 fully saturated rings. The maximum absolute atomic E-state index is 12.5. The van der Waals surface area contributed by atoms with Crippen LogP contribution in [0.15, 0.2) is 17.3 Å². The minimum absolute atomic E-state index is 0.0349. The molecule has 0 aliphatic carbocycles. The van der Waals surface area contributed by atoms with Gasteiger partial charge in [0.05, 0.1) is 19.0 Å². The van der Waals surface area contributed by atoms with E-state index in [9.17, 15) is 13.2 Å². The largest absolute Gasteiger partial charge is 0.465 e. The van der Waals surface area contributed by atoms with E-state index in [2.05, 4.69) is 9.97 Å². The van der Waals surface area contributed by atoms with Crippen LogP contribution in [0.3, 0.4) is 0 Å². The molecule has 20 heavy (non-hydrogen) atoms. The predicted molar refractivity (Wildman–Crippen MR) is 70.6 cm³/mol. The summed E-state index contributed by atoms with van der Waals surface area (Å²) in [6.45, 7) is 2.17. The smallest absolute Gasteiger partial charge is 0.324 e. The number of sulfonamides is 1. The van der Waals surface area contributed by atoms with Crippen LogP contribution in [0.1, 0.15) is 19.8 Å². The normalized spacial score (nSPS) is 20.0. The third kappa shape index (κ3) is 2.92. The number of rotatable bonds is 4. The van der Waals surface area contributed by atoms with Gasteiger partial charge in [0.1, 0.15) is 10.9 Å². The first-order valence-corrected chi connectivity index (χ1v) is 7.94. The molecule has 1 aliphatic rings. The summed E-state index contributed by atoms with van der Waals surface area (Å²) in [6, 6.07) is -0.782.